The topological polar surface area (TPSA) is 55.5 Å². The number of nitrogens with two attached hydrogens (primary N) is 1. The fourth-order valence-corrected chi connectivity index (χ4v) is 0.775. The minimum atomic E-state index is 0.127. The fourth-order valence-electron chi connectivity index (χ4n) is 0.775. The molecule has 0 bridgehead atoms. The summed E-state index contributed by atoms with van der Waals surface area (Å²) in [6.45, 7) is 1.95. The van der Waals surface area contributed by atoms with Crippen LogP contribution < -0.4 is 10.5 Å². The average Bonchev–Trinajstić information content (AvgIpc) is 1.98. The summed E-state index contributed by atoms with van der Waals surface area (Å²) in [5.41, 5.74) is 5.97. The van der Waals surface area contributed by atoms with Gasteiger partial charge in [-0.3, -0.25) is 5.73 Å². The van der Waals surface area contributed by atoms with Crippen molar-refractivity contribution in [3.63, 3.8) is 0 Å². The normalized spacial score (nSPS) is 9.64. The van der Waals surface area contributed by atoms with Crippen LogP contribution in [0.15, 0.2) is 18.2 Å². The number of aromatic hydroxyl groups is 1. The maximum atomic E-state index is 9.21. The zero-order valence-electron chi connectivity index (χ0n) is 6.37. The highest BCUT2D eigenvalue weighted by atomic mass is 16.5. The van der Waals surface area contributed by atoms with Gasteiger partial charge in [0.25, 0.3) is 0 Å². The van der Waals surface area contributed by atoms with Crippen LogP contribution >= 0.6 is 0 Å². The summed E-state index contributed by atoms with van der Waals surface area (Å²) in [5.74, 6) is 0.826. The van der Waals surface area contributed by atoms with Crippen LogP contribution in [0.3, 0.4) is 0 Å². The second-order valence-corrected chi connectivity index (χ2v) is 2.26. The molecule has 3 heteroatoms. The van der Waals surface area contributed by atoms with Crippen LogP contribution in [-0.4, -0.2) is 11.8 Å². The van der Waals surface area contributed by atoms with Gasteiger partial charge >= 0.3 is 0 Å². The molecule has 0 saturated carbocycles. The molecule has 0 saturated heterocycles. The summed E-state index contributed by atoms with van der Waals surface area (Å²) in [4.78, 5) is 0. The maximum Gasteiger partial charge on any atom is 0.137 e. The summed E-state index contributed by atoms with van der Waals surface area (Å²) >= 11 is 0. The molecule has 0 atom stereocenters. The van der Waals surface area contributed by atoms with Crippen LogP contribution in [0.25, 0.3) is 0 Å². The minimum Gasteiger partial charge on any atom is -0.508 e. The smallest absolute Gasteiger partial charge is 0.137 e. The van der Waals surface area contributed by atoms with Crippen molar-refractivity contribution in [2.24, 2.45) is 5.73 Å². The second-order valence-electron chi connectivity index (χ2n) is 2.26. The molecule has 3 nitrogen and oxygen atoms in total. The molecule has 0 aliphatic heterocycles. The Labute approximate surface area is 65.4 Å². The lowest BCUT2D eigenvalue weighted by Crippen LogP contribution is -2.06. The average molecular weight is 153 g/mol. The predicted molar refractivity (Wildman–Crippen MR) is 42.5 cm³/mol. The lowest BCUT2D eigenvalue weighted by atomic mass is 10.2. The molecule has 0 aliphatic carbocycles. The molecule has 0 amide bonds. The van der Waals surface area contributed by atoms with E-state index in [2.05, 4.69) is 0 Å². The third-order valence-electron chi connectivity index (χ3n) is 1.43. The van der Waals surface area contributed by atoms with Gasteiger partial charge in [-0.25, -0.2) is 0 Å². The summed E-state index contributed by atoms with van der Waals surface area (Å²) in [6.07, 6.45) is 0. The van der Waals surface area contributed by atoms with Crippen LogP contribution in [0.5, 0.6) is 11.5 Å². The molecule has 0 heterocycles. The zero-order valence-corrected chi connectivity index (χ0v) is 6.37. The Kier molecular flexibility index (Phi) is 2.33. The van der Waals surface area contributed by atoms with Crippen molar-refractivity contribution in [3.8, 4) is 11.5 Å². The van der Waals surface area contributed by atoms with E-state index in [1.165, 1.54) is 0 Å². The Bertz CT molecular complexity index is 248. The molecule has 11 heavy (non-hydrogen) atoms. The Morgan fingerprint density at radius 2 is 2.27 bits per heavy atom. The molecule has 1 aromatic rings. The van der Waals surface area contributed by atoms with E-state index < -0.39 is 0 Å². The Morgan fingerprint density at radius 3 is 2.82 bits per heavy atom. The van der Waals surface area contributed by atoms with Gasteiger partial charge in [0.15, 0.2) is 0 Å². The van der Waals surface area contributed by atoms with Crippen molar-refractivity contribution in [1.29, 1.82) is 0 Å². The first-order chi connectivity index (χ1) is 5.24. The highest BCUT2D eigenvalue weighted by molar-refractivity contribution is 5.38. The van der Waals surface area contributed by atoms with Crippen LogP contribution in [0, 0.1) is 6.92 Å². The highest BCUT2D eigenvalue weighted by Crippen LogP contribution is 2.21. The first kappa shape index (κ1) is 7.88. The van der Waals surface area contributed by atoms with E-state index in [1.54, 1.807) is 18.2 Å². The van der Waals surface area contributed by atoms with Gasteiger partial charge in [0, 0.05) is 6.07 Å². The molecule has 0 aromatic heterocycles. The number of hydrogen-bond donors (Lipinski definition) is 2. The molecule has 1 aromatic carbocycles. The number of phenols is 1. The summed E-state index contributed by atoms with van der Waals surface area (Å²) in [5, 5.41) is 9.21. The highest BCUT2D eigenvalue weighted by Gasteiger charge is 1.97. The first-order valence-corrected chi connectivity index (χ1v) is 3.36. The lowest BCUT2D eigenvalue weighted by Gasteiger charge is -2.03. The van der Waals surface area contributed by atoms with Gasteiger partial charge in [-0.15, -0.1) is 0 Å². The molecule has 3 N–H and O–H groups in total. The van der Waals surface area contributed by atoms with Crippen LogP contribution in [0.4, 0.5) is 0 Å². The Hall–Kier alpha value is -1.22. The molecule has 0 aliphatic rings. The Balaban J connectivity index is 2.86. The standard InChI is InChI=1S/C8H11NO2/c1-6-2-3-7(11-5-9)4-8(6)10/h2-4,10H,5,9H2,1H3. The number of benzene rings is 1. The van der Waals surface area contributed by atoms with Gasteiger partial charge in [-0.1, -0.05) is 6.07 Å². The molecule has 0 spiro atoms. The molecular weight excluding hydrogens is 142 g/mol. The fraction of sp³-hybridized carbons (Fsp3) is 0.250. The van der Waals surface area contributed by atoms with Crippen LogP contribution in [-0.2, 0) is 0 Å². The molecule has 60 valence electrons. The summed E-state index contributed by atoms with van der Waals surface area (Å²) in [6, 6.07) is 5.09. The van der Waals surface area contributed by atoms with E-state index in [-0.39, 0.29) is 12.5 Å². The third-order valence-corrected chi connectivity index (χ3v) is 1.43. The second kappa shape index (κ2) is 3.25. The number of phenolic OH excluding ortho intramolecular Hbond substituents is 1. The quantitative estimate of drug-likeness (QED) is 0.623. The van der Waals surface area contributed by atoms with E-state index in [4.69, 9.17) is 10.5 Å². The van der Waals surface area contributed by atoms with E-state index >= 15 is 0 Å². The van der Waals surface area contributed by atoms with Crippen molar-refractivity contribution in [2.75, 3.05) is 6.73 Å². The van der Waals surface area contributed by atoms with Crippen molar-refractivity contribution in [3.05, 3.63) is 23.8 Å². The molecule has 0 unspecified atom stereocenters. The molecular formula is C8H11NO2. The van der Waals surface area contributed by atoms with Gasteiger partial charge in [0.2, 0.25) is 0 Å². The maximum absolute atomic E-state index is 9.21. The number of rotatable bonds is 2. The van der Waals surface area contributed by atoms with Crippen LogP contribution in [0.2, 0.25) is 0 Å². The summed E-state index contributed by atoms with van der Waals surface area (Å²) in [7, 11) is 0. The number of hydrogen-bond acceptors (Lipinski definition) is 3. The van der Waals surface area contributed by atoms with E-state index in [0.717, 1.165) is 5.56 Å². The largest absolute Gasteiger partial charge is 0.508 e. The van der Waals surface area contributed by atoms with Gasteiger partial charge in [0.1, 0.15) is 18.2 Å². The molecule has 0 radical (unpaired) electrons. The number of aryl methyl sites for hydroxylation is 1. The van der Waals surface area contributed by atoms with Crippen molar-refractivity contribution >= 4 is 0 Å². The Morgan fingerprint density at radius 1 is 1.55 bits per heavy atom. The predicted octanol–water partition coefficient (Wildman–Crippen LogP) is 0.996. The minimum absolute atomic E-state index is 0.127. The van der Waals surface area contributed by atoms with E-state index in [0.29, 0.717) is 5.75 Å². The SMILES string of the molecule is Cc1ccc(OCN)cc1O. The van der Waals surface area contributed by atoms with Gasteiger partial charge in [-0.2, -0.15) is 0 Å². The van der Waals surface area contributed by atoms with Crippen molar-refractivity contribution in [1.82, 2.24) is 0 Å². The zero-order chi connectivity index (χ0) is 8.27. The van der Waals surface area contributed by atoms with Gasteiger partial charge < -0.3 is 9.84 Å². The van der Waals surface area contributed by atoms with Crippen LogP contribution in [0.1, 0.15) is 5.56 Å². The monoisotopic (exact) mass is 153 g/mol. The van der Waals surface area contributed by atoms with Gasteiger partial charge in [-0.05, 0) is 18.6 Å². The van der Waals surface area contributed by atoms with Gasteiger partial charge in [0.05, 0.1) is 0 Å². The molecule has 1 rings (SSSR count). The first-order valence-electron chi connectivity index (χ1n) is 3.36. The third kappa shape index (κ3) is 1.85. The summed E-state index contributed by atoms with van der Waals surface area (Å²) < 4.78 is 4.96. The molecule has 0 fully saturated rings. The van der Waals surface area contributed by atoms with E-state index in [1.807, 2.05) is 6.92 Å². The van der Waals surface area contributed by atoms with Crippen molar-refractivity contribution < 1.29 is 9.84 Å². The lowest BCUT2D eigenvalue weighted by molar-refractivity contribution is 0.327. The van der Waals surface area contributed by atoms with Crippen molar-refractivity contribution in [2.45, 2.75) is 6.92 Å². The number of ether oxygens (including phenoxy) is 1. The van der Waals surface area contributed by atoms with E-state index in [9.17, 15) is 5.11 Å².